The predicted molar refractivity (Wildman–Crippen MR) is 71.3 cm³/mol. The normalized spacial score (nSPS) is 12.0. The topological polar surface area (TPSA) is 46.2 Å². The number of nitrogens with one attached hydrogen (secondary N) is 1. The molecule has 4 heteroatoms. The van der Waals surface area contributed by atoms with E-state index < -0.39 is 10.0 Å². The Kier molecular flexibility index (Phi) is 5.15. The molecule has 1 aromatic rings. The lowest BCUT2D eigenvalue weighted by Crippen LogP contribution is -2.28. The molecule has 0 atom stereocenters. The number of benzene rings is 1. The molecule has 17 heavy (non-hydrogen) atoms. The fourth-order valence-corrected chi connectivity index (χ4v) is 3.03. The summed E-state index contributed by atoms with van der Waals surface area (Å²) >= 11 is 0. The molecule has 0 aromatic heterocycles. The maximum absolute atomic E-state index is 11.7. The van der Waals surface area contributed by atoms with Crippen LogP contribution in [0.2, 0.25) is 0 Å². The summed E-state index contributed by atoms with van der Waals surface area (Å²) in [6, 6.07) is 7.99. The average Bonchev–Trinajstić information content (AvgIpc) is 2.25. The van der Waals surface area contributed by atoms with E-state index >= 15 is 0 Å². The maximum atomic E-state index is 11.7. The first kappa shape index (κ1) is 14.2. The van der Waals surface area contributed by atoms with Gasteiger partial charge < -0.3 is 0 Å². The van der Waals surface area contributed by atoms with Gasteiger partial charge in [-0.1, -0.05) is 45.0 Å². The van der Waals surface area contributed by atoms with Gasteiger partial charge in [-0.15, -0.1) is 0 Å². The van der Waals surface area contributed by atoms with E-state index in [0.29, 0.717) is 6.54 Å². The van der Waals surface area contributed by atoms with Gasteiger partial charge in [-0.05, 0) is 23.5 Å². The van der Waals surface area contributed by atoms with Gasteiger partial charge in [-0.25, -0.2) is 13.1 Å². The van der Waals surface area contributed by atoms with Crippen molar-refractivity contribution in [2.75, 3.05) is 5.75 Å². The second kappa shape index (κ2) is 6.17. The fourth-order valence-electron chi connectivity index (χ4n) is 1.65. The molecule has 1 aromatic carbocycles. The zero-order valence-electron chi connectivity index (χ0n) is 10.7. The van der Waals surface area contributed by atoms with Gasteiger partial charge >= 0.3 is 0 Å². The minimum atomic E-state index is -3.15. The molecular weight excluding hydrogens is 234 g/mol. The second-order valence-corrected chi connectivity index (χ2v) is 6.52. The van der Waals surface area contributed by atoms with Gasteiger partial charge in [0.25, 0.3) is 0 Å². The van der Waals surface area contributed by atoms with Crippen molar-refractivity contribution in [3.05, 3.63) is 35.4 Å². The molecule has 0 unspecified atom stereocenters. The number of aryl methyl sites for hydroxylation is 1. The van der Waals surface area contributed by atoms with Crippen LogP contribution >= 0.6 is 0 Å². The smallest absolute Gasteiger partial charge is 0.212 e. The molecule has 0 spiro atoms. The summed E-state index contributed by atoms with van der Waals surface area (Å²) in [4.78, 5) is 0. The van der Waals surface area contributed by atoms with Gasteiger partial charge in [0.05, 0.1) is 5.75 Å². The first-order valence-corrected chi connectivity index (χ1v) is 7.63. The first-order valence-electron chi connectivity index (χ1n) is 5.98. The van der Waals surface area contributed by atoms with Crippen molar-refractivity contribution in [1.82, 2.24) is 4.72 Å². The van der Waals surface area contributed by atoms with Crippen LogP contribution in [0.15, 0.2) is 24.3 Å². The Hall–Kier alpha value is -0.870. The van der Waals surface area contributed by atoms with E-state index in [2.05, 4.69) is 11.6 Å². The Labute approximate surface area is 104 Å². The fraction of sp³-hybridized carbons (Fsp3) is 0.538. The third kappa shape index (κ3) is 5.33. The van der Waals surface area contributed by atoms with Crippen LogP contribution in [-0.2, 0) is 23.0 Å². The van der Waals surface area contributed by atoms with Gasteiger partial charge in [0, 0.05) is 6.54 Å². The molecule has 0 radical (unpaired) electrons. The SMILES string of the molecule is CCc1cccc(CNS(=O)(=O)CC(C)C)c1. The molecule has 0 aliphatic rings. The van der Waals surface area contributed by atoms with E-state index in [-0.39, 0.29) is 11.7 Å². The molecule has 0 saturated heterocycles. The summed E-state index contributed by atoms with van der Waals surface area (Å²) in [6.07, 6.45) is 0.965. The van der Waals surface area contributed by atoms with Crippen LogP contribution in [0.3, 0.4) is 0 Å². The van der Waals surface area contributed by atoms with Crippen LogP contribution < -0.4 is 4.72 Å². The van der Waals surface area contributed by atoms with Crippen LogP contribution in [-0.4, -0.2) is 14.2 Å². The number of rotatable bonds is 6. The number of hydrogen-bond donors (Lipinski definition) is 1. The summed E-state index contributed by atoms with van der Waals surface area (Å²) in [6.45, 7) is 6.26. The Morgan fingerprint density at radius 1 is 1.24 bits per heavy atom. The van der Waals surface area contributed by atoms with E-state index in [1.807, 2.05) is 38.1 Å². The molecule has 96 valence electrons. The van der Waals surface area contributed by atoms with Crippen LogP contribution in [0, 0.1) is 5.92 Å². The van der Waals surface area contributed by atoms with Gasteiger partial charge in [0.15, 0.2) is 0 Å². The van der Waals surface area contributed by atoms with Gasteiger partial charge in [0.1, 0.15) is 0 Å². The van der Waals surface area contributed by atoms with Crippen LogP contribution in [0.5, 0.6) is 0 Å². The third-order valence-corrected chi connectivity index (χ3v) is 4.14. The van der Waals surface area contributed by atoms with Crippen molar-refractivity contribution in [3.8, 4) is 0 Å². The average molecular weight is 255 g/mol. The molecule has 0 bridgehead atoms. The van der Waals surface area contributed by atoms with Crippen molar-refractivity contribution >= 4 is 10.0 Å². The summed E-state index contributed by atoms with van der Waals surface area (Å²) < 4.78 is 25.9. The maximum Gasteiger partial charge on any atom is 0.212 e. The molecule has 0 heterocycles. The monoisotopic (exact) mass is 255 g/mol. The molecule has 3 nitrogen and oxygen atoms in total. The molecule has 0 fully saturated rings. The van der Waals surface area contributed by atoms with E-state index in [9.17, 15) is 8.42 Å². The first-order chi connectivity index (χ1) is 7.93. The van der Waals surface area contributed by atoms with Crippen LogP contribution in [0.4, 0.5) is 0 Å². The predicted octanol–water partition coefficient (Wildman–Crippen LogP) is 2.32. The minimum absolute atomic E-state index is 0.148. The minimum Gasteiger partial charge on any atom is -0.212 e. The molecule has 0 saturated carbocycles. The van der Waals surface area contributed by atoms with Crippen molar-refractivity contribution in [3.63, 3.8) is 0 Å². The summed E-state index contributed by atoms with van der Waals surface area (Å²) in [5, 5.41) is 0. The quantitative estimate of drug-likeness (QED) is 0.848. The highest BCUT2D eigenvalue weighted by atomic mass is 32.2. The van der Waals surface area contributed by atoms with E-state index in [0.717, 1.165) is 12.0 Å². The Morgan fingerprint density at radius 3 is 2.47 bits per heavy atom. The van der Waals surface area contributed by atoms with Gasteiger partial charge in [0.2, 0.25) is 10.0 Å². The standard InChI is InChI=1S/C13H21NO2S/c1-4-12-6-5-7-13(8-12)9-14-17(15,16)10-11(2)3/h5-8,11,14H,4,9-10H2,1-3H3. The van der Waals surface area contributed by atoms with E-state index in [1.165, 1.54) is 5.56 Å². The van der Waals surface area contributed by atoms with Gasteiger partial charge in [-0.3, -0.25) is 0 Å². The summed E-state index contributed by atoms with van der Waals surface area (Å²) in [5.41, 5.74) is 2.24. The van der Waals surface area contributed by atoms with Crippen molar-refractivity contribution in [2.45, 2.75) is 33.7 Å². The lowest BCUT2D eigenvalue weighted by atomic mass is 10.1. The van der Waals surface area contributed by atoms with Crippen molar-refractivity contribution in [1.29, 1.82) is 0 Å². The molecule has 1 rings (SSSR count). The largest absolute Gasteiger partial charge is 0.212 e. The molecule has 0 amide bonds. The number of sulfonamides is 1. The highest BCUT2D eigenvalue weighted by Gasteiger charge is 2.12. The zero-order chi connectivity index (χ0) is 12.9. The molecule has 1 N–H and O–H groups in total. The van der Waals surface area contributed by atoms with E-state index in [1.54, 1.807) is 0 Å². The van der Waals surface area contributed by atoms with E-state index in [4.69, 9.17) is 0 Å². The lowest BCUT2D eigenvalue weighted by Gasteiger charge is -2.09. The Balaban J connectivity index is 2.61. The summed E-state index contributed by atoms with van der Waals surface area (Å²) in [5.74, 6) is 0.329. The zero-order valence-corrected chi connectivity index (χ0v) is 11.5. The highest BCUT2D eigenvalue weighted by Crippen LogP contribution is 2.06. The van der Waals surface area contributed by atoms with Crippen molar-refractivity contribution < 1.29 is 8.42 Å². The van der Waals surface area contributed by atoms with Crippen molar-refractivity contribution in [2.24, 2.45) is 5.92 Å². The lowest BCUT2D eigenvalue weighted by molar-refractivity contribution is 0.568. The van der Waals surface area contributed by atoms with Crippen LogP contribution in [0.1, 0.15) is 31.9 Å². The Morgan fingerprint density at radius 2 is 1.88 bits per heavy atom. The molecule has 0 aliphatic heterocycles. The Bertz CT molecular complexity index is 452. The third-order valence-electron chi connectivity index (χ3n) is 2.45. The molecule has 0 aliphatic carbocycles. The van der Waals surface area contributed by atoms with Crippen LogP contribution in [0.25, 0.3) is 0 Å². The second-order valence-electron chi connectivity index (χ2n) is 4.67. The van der Waals surface area contributed by atoms with Gasteiger partial charge in [-0.2, -0.15) is 0 Å². The summed E-state index contributed by atoms with van der Waals surface area (Å²) in [7, 11) is -3.15. The molecular formula is C13H21NO2S. The number of hydrogen-bond acceptors (Lipinski definition) is 2. The highest BCUT2D eigenvalue weighted by molar-refractivity contribution is 7.89.